The van der Waals surface area contributed by atoms with E-state index in [9.17, 15) is 0 Å². The second kappa shape index (κ2) is 10.8. The van der Waals surface area contributed by atoms with Crippen molar-refractivity contribution in [3.63, 3.8) is 0 Å². The summed E-state index contributed by atoms with van der Waals surface area (Å²) in [6, 6.07) is 4.23. The number of hydrogen-bond donors (Lipinski definition) is 2. The summed E-state index contributed by atoms with van der Waals surface area (Å²) >= 11 is 1.77. The number of rotatable bonds is 6. The molecule has 0 atom stereocenters. The summed E-state index contributed by atoms with van der Waals surface area (Å²) in [7, 11) is 1.80. The van der Waals surface area contributed by atoms with Crippen LogP contribution < -0.4 is 15.5 Å². The first-order chi connectivity index (χ1) is 12.7. The van der Waals surface area contributed by atoms with E-state index in [1.54, 1.807) is 18.4 Å². The highest BCUT2D eigenvalue weighted by Gasteiger charge is 2.13. The molecule has 3 rings (SSSR count). The summed E-state index contributed by atoms with van der Waals surface area (Å²) in [5.74, 6) is 1.90. The zero-order valence-electron chi connectivity index (χ0n) is 16.3. The van der Waals surface area contributed by atoms with Crippen LogP contribution >= 0.6 is 35.3 Å². The van der Waals surface area contributed by atoms with E-state index in [4.69, 9.17) is 0 Å². The van der Waals surface area contributed by atoms with Gasteiger partial charge in [-0.15, -0.1) is 35.3 Å². The van der Waals surface area contributed by atoms with E-state index in [0.29, 0.717) is 0 Å². The fraction of sp³-hybridized carbons (Fsp3) is 0.526. The number of halogens is 1. The molecule has 0 aromatic carbocycles. The molecular formula is C19H29IN6S. The minimum Gasteiger partial charge on any atom is -0.357 e. The van der Waals surface area contributed by atoms with Gasteiger partial charge in [-0.05, 0) is 44.4 Å². The van der Waals surface area contributed by atoms with E-state index in [1.807, 2.05) is 6.20 Å². The fourth-order valence-electron chi connectivity index (χ4n) is 3.03. The van der Waals surface area contributed by atoms with Crippen LogP contribution in [-0.2, 0) is 13.0 Å². The number of nitrogens with one attached hydrogen (secondary N) is 2. The van der Waals surface area contributed by atoms with Gasteiger partial charge in [0.2, 0.25) is 0 Å². The lowest BCUT2D eigenvalue weighted by atomic mass is 10.2. The monoisotopic (exact) mass is 500 g/mol. The summed E-state index contributed by atoms with van der Waals surface area (Å²) in [5, 5.41) is 7.92. The van der Waals surface area contributed by atoms with Crippen molar-refractivity contribution in [2.45, 2.75) is 39.7 Å². The summed E-state index contributed by atoms with van der Waals surface area (Å²) in [6.45, 7) is 7.97. The predicted molar refractivity (Wildman–Crippen MR) is 125 cm³/mol. The van der Waals surface area contributed by atoms with Crippen LogP contribution in [0.25, 0.3) is 0 Å². The molecule has 0 radical (unpaired) electrons. The third-order valence-corrected chi connectivity index (χ3v) is 5.76. The molecule has 1 fully saturated rings. The Bertz CT molecular complexity index is 735. The third-order valence-electron chi connectivity index (χ3n) is 4.63. The Morgan fingerprint density at radius 3 is 2.70 bits per heavy atom. The zero-order valence-corrected chi connectivity index (χ0v) is 19.4. The van der Waals surface area contributed by atoms with Gasteiger partial charge >= 0.3 is 0 Å². The number of guanidine groups is 1. The van der Waals surface area contributed by atoms with Crippen LogP contribution in [0.4, 0.5) is 5.82 Å². The Morgan fingerprint density at radius 1 is 1.26 bits per heavy atom. The Morgan fingerprint density at radius 2 is 2.04 bits per heavy atom. The number of pyridine rings is 1. The number of hydrogen-bond acceptors (Lipinski definition) is 5. The van der Waals surface area contributed by atoms with Crippen LogP contribution in [0, 0.1) is 13.8 Å². The molecule has 2 N–H and O–H groups in total. The molecule has 1 aliphatic rings. The summed E-state index contributed by atoms with van der Waals surface area (Å²) in [5.41, 5.74) is 2.36. The van der Waals surface area contributed by atoms with Gasteiger partial charge in [0.15, 0.2) is 5.96 Å². The van der Waals surface area contributed by atoms with Crippen molar-refractivity contribution in [1.82, 2.24) is 20.6 Å². The van der Waals surface area contributed by atoms with Gasteiger partial charge in [0, 0.05) is 50.7 Å². The minimum absolute atomic E-state index is 0. The molecule has 0 spiro atoms. The van der Waals surface area contributed by atoms with Gasteiger partial charge in [0.05, 0.1) is 10.7 Å². The second-order valence-corrected chi connectivity index (χ2v) is 7.86. The number of nitrogens with zero attached hydrogens (tertiary/aromatic N) is 4. The van der Waals surface area contributed by atoms with Gasteiger partial charge < -0.3 is 15.5 Å². The Hall–Kier alpha value is -1.42. The Balaban J connectivity index is 0.00000261. The lowest BCUT2D eigenvalue weighted by molar-refractivity contribution is 0.789. The van der Waals surface area contributed by atoms with Crippen LogP contribution in [0.5, 0.6) is 0 Å². The topological polar surface area (TPSA) is 65.4 Å². The standard InChI is InChI=1S/C19H28N6S.HI/c1-14-15(2)26-18(24-14)7-9-22-19(20-3)23-13-16-6-8-21-17(12-16)25-10-4-5-11-25;/h6,8,12H,4-5,7,9-11,13H2,1-3H3,(H2,20,22,23);1H. The highest BCUT2D eigenvalue weighted by molar-refractivity contribution is 14.0. The number of thiazole rings is 1. The van der Waals surface area contributed by atoms with E-state index < -0.39 is 0 Å². The highest BCUT2D eigenvalue weighted by atomic mass is 127. The van der Waals surface area contributed by atoms with E-state index >= 15 is 0 Å². The molecule has 1 aliphatic heterocycles. The maximum absolute atomic E-state index is 4.58. The lowest BCUT2D eigenvalue weighted by Gasteiger charge is -2.17. The van der Waals surface area contributed by atoms with Crippen molar-refractivity contribution in [1.29, 1.82) is 0 Å². The van der Waals surface area contributed by atoms with Gasteiger partial charge in [-0.3, -0.25) is 4.99 Å². The zero-order chi connectivity index (χ0) is 18.4. The molecule has 0 saturated carbocycles. The molecule has 0 aliphatic carbocycles. The highest BCUT2D eigenvalue weighted by Crippen LogP contribution is 2.18. The first kappa shape index (κ1) is 21.9. The normalized spacial score (nSPS) is 14.2. The smallest absolute Gasteiger partial charge is 0.191 e. The molecule has 2 aromatic rings. The lowest BCUT2D eigenvalue weighted by Crippen LogP contribution is -2.37. The van der Waals surface area contributed by atoms with Crippen LogP contribution in [0.2, 0.25) is 0 Å². The van der Waals surface area contributed by atoms with Crippen LogP contribution in [0.3, 0.4) is 0 Å². The van der Waals surface area contributed by atoms with Crippen molar-refractivity contribution in [3.8, 4) is 0 Å². The average Bonchev–Trinajstić information content (AvgIpc) is 3.29. The van der Waals surface area contributed by atoms with Crippen LogP contribution in [0.15, 0.2) is 23.3 Å². The number of aliphatic imine (C=N–C) groups is 1. The summed E-state index contributed by atoms with van der Waals surface area (Å²) in [6.07, 6.45) is 5.33. The third kappa shape index (κ3) is 6.31. The van der Waals surface area contributed by atoms with Gasteiger partial charge in [-0.2, -0.15) is 0 Å². The van der Waals surface area contributed by atoms with Crippen molar-refractivity contribution < 1.29 is 0 Å². The molecule has 6 nitrogen and oxygen atoms in total. The van der Waals surface area contributed by atoms with E-state index in [2.05, 4.69) is 56.5 Å². The van der Waals surface area contributed by atoms with Gasteiger partial charge in [-0.1, -0.05) is 0 Å². The van der Waals surface area contributed by atoms with Crippen molar-refractivity contribution in [3.05, 3.63) is 39.5 Å². The summed E-state index contributed by atoms with van der Waals surface area (Å²) in [4.78, 5) is 17.1. The maximum Gasteiger partial charge on any atom is 0.191 e. The van der Waals surface area contributed by atoms with Gasteiger partial charge in [0.1, 0.15) is 5.82 Å². The first-order valence-electron chi connectivity index (χ1n) is 9.23. The van der Waals surface area contributed by atoms with Crippen molar-refractivity contribution in [2.75, 3.05) is 31.6 Å². The van der Waals surface area contributed by atoms with Gasteiger partial charge in [0.25, 0.3) is 0 Å². The largest absolute Gasteiger partial charge is 0.357 e. The number of aromatic nitrogens is 2. The van der Waals surface area contributed by atoms with Crippen LogP contribution in [-0.4, -0.2) is 42.6 Å². The average molecular weight is 500 g/mol. The molecular weight excluding hydrogens is 471 g/mol. The Kier molecular flexibility index (Phi) is 8.75. The summed E-state index contributed by atoms with van der Waals surface area (Å²) < 4.78 is 0. The molecule has 2 aromatic heterocycles. The van der Waals surface area contributed by atoms with Gasteiger partial charge in [-0.25, -0.2) is 9.97 Å². The van der Waals surface area contributed by atoms with Crippen molar-refractivity contribution in [2.24, 2.45) is 4.99 Å². The first-order valence-corrected chi connectivity index (χ1v) is 10.0. The quantitative estimate of drug-likeness (QED) is 0.362. The fourth-order valence-corrected chi connectivity index (χ4v) is 3.96. The van der Waals surface area contributed by atoms with Crippen LogP contribution in [0.1, 0.15) is 34.0 Å². The maximum atomic E-state index is 4.58. The molecule has 0 amide bonds. The second-order valence-electron chi connectivity index (χ2n) is 6.57. The van der Waals surface area contributed by atoms with E-state index in [1.165, 1.54) is 28.3 Å². The van der Waals surface area contributed by atoms with E-state index in [0.717, 1.165) is 50.1 Å². The molecule has 148 valence electrons. The molecule has 27 heavy (non-hydrogen) atoms. The molecule has 3 heterocycles. The SMILES string of the molecule is CN=C(NCCc1nc(C)c(C)s1)NCc1ccnc(N2CCCC2)c1.I. The Labute approximate surface area is 182 Å². The number of aryl methyl sites for hydroxylation is 2. The van der Waals surface area contributed by atoms with Crippen molar-refractivity contribution >= 4 is 47.1 Å². The number of anilines is 1. The molecule has 0 bridgehead atoms. The molecule has 8 heteroatoms. The minimum atomic E-state index is 0. The predicted octanol–water partition coefficient (Wildman–Crippen LogP) is 3.28. The molecule has 0 unspecified atom stereocenters. The van der Waals surface area contributed by atoms with E-state index in [-0.39, 0.29) is 24.0 Å². The molecule has 1 saturated heterocycles.